The normalized spacial score (nSPS) is 10.3. The van der Waals surface area contributed by atoms with E-state index in [-0.39, 0.29) is 11.9 Å². The quantitative estimate of drug-likeness (QED) is 0.384. The van der Waals surface area contributed by atoms with Crippen LogP contribution in [0.15, 0.2) is 24.3 Å². The van der Waals surface area contributed by atoms with Gasteiger partial charge in [-0.25, -0.2) is 4.98 Å². The zero-order valence-corrected chi connectivity index (χ0v) is 14.1. The minimum atomic E-state index is -0.346. The highest BCUT2D eigenvalue weighted by Gasteiger charge is 2.16. The first-order valence-corrected chi connectivity index (χ1v) is 8.30. The van der Waals surface area contributed by atoms with Crippen molar-refractivity contribution in [2.24, 2.45) is 5.73 Å². The summed E-state index contributed by atoms with van der Waals surface area (Å²) in [4.78, 5) is 17.0. The molecule has 7 heteroatoms. The number of aryl methyl sites for hydroxylation is 2. The van der Waals surface area contributed by atoms with E-state index in [0.29, 0.717) is 10.6 Å². The fourth-order valence-corrected chi connectivity index (χ4v) is 3.07. The van der Waals surface area contributed by atoms with Gasteiger partial charge in [-0.3, -0.25) is 21.1 Å². The molecule has 23 heavy (non-hydrogen) atoms. The lowest BCUT2D eigenvalue weighted by atomic mass is 10.1. The van der Waals surface area contributed by atoms with E-state index in [1.807, 2.05) is 12.1 Å². The molecule has 0 atom stereocenters. The van der Waals surface area contributed by atoms with Crippen molar-refractivity contribution in [3.63, 3.8) is 0 Å². The van der Waals surface area contributed by atoms with Crippen molar-refractivity contribution < 1.29 is 4.79 Å². The minimum Gasteiger partial charge on any atom is -0.369 e. The van der Waals surface area contributed by atoms with Gasteiger partial charge in [0, 0.05) is 5.56 Å². The minimum absolute atomic E-state index is 0.316. The Kier molecular flexibility index (Phi) is 5.70. The van der Waals surface area contributed by atoms with Crippen molar-refractivity contribution >= 4 is 23.2 Å². The highest BCUT2D eigenvalue weighted by Crippen LogP contribution is 2.28. The van der Waals surface area contributed by atoms with Crippen molar-refractivity contribution in [3.05, 3.63) is 40.4 Å². The SMILES string of the molecule is CCCCc1ccc(-c2nc(C)c(C(=O)NNC(=N)N)s2)cc1. The molecule has 0 aliphatic heterocycles. The van der Waals surface area contributed by atoms with Gasteiger partial charge in [-0.05, 0) is 25.3 Å². The predicted octanol–water partition coefficient (Wildman–Crippen LogP) is 2.59. The number of hydrazine groups is 1. The molecule has 0 fully saturated rings. The molecule has 0 aliphatic rings. The van der Waals surface area contributed by atoms with Crippen LogP contribution in [0.1, 0.15) is 40.7 Å². The zero-order chi connectivity index (χ0) is 16.8. The van der Waals surface area contributed by atoms with Gasteiger partial charge in [0.2, 0.25) is 5.96 Å². The van der Waals surface area contributed by atoms with Crippen LogP contribution in [0.5, 0.6) is 0 Å². The molecular formula is C16H21N5OS. The van der Waals surface area contributed by atoms with E-state index >= 15 is 0 Å². The first-order valence-electron chi connectivity index (χ1n) is 7.48. The zero-order valence-electron chi connectivity index (χ0n) is 13.3. The second kappa shape index (κ2) is 7.73. The topological polar surface area (TPSA) is 104 Å². The van der Waals surface area contributed by atoms with Crippen LogP contribution in [0, 0.1) is 12.3 Å². The van der Waals surface area contributed by atoms with Crippen molar-refractivity contribution in [1.82, 2.24) is 15.8 Å². The Hall–Kier alpha value is -2.41. The molecule has 1 aromatic carbocycles. The van der Waals surface area contributed by atoms with Crippen LogP contribution in [0.4, 0.5) is 0 Å². The third-order valence-electron chi connectivity index (χ3n) is 3.33. The Bertz CT molecular complexity index is 693. The number of carbonyl (C=O) groups excluding carboxylic acids is 1. The van der Waals surface area contributed by atoms with Crippen LogP contribution < -0.4 is 16.6 Å². The smallest absolute Gasteiger partial charge is 0.281 e. The average molecular weight is 331 g/mol. The molecule has 1 amide bonds. The number of amides is 1. The average Bonchev–Trinajstić information content (AvgIpc) is 2.93. The van der Waals surface area contributed by atoms with Crippen LogP contribution >= 0.6 is 11.3 Å². The molecule has 2 rings (SSSR count). The summed E-state index contributed by atoms with van der Waals surface area (Å²) in [5.74, 6) is -0.663. The molecule has 122 valence electrons. The third-order valence-corrected chi connectivity index (χ3v) is 4.54. The molecule has 0 unspecified atom stereocenters. The summed E-state index contributed by atoms with van der Waals surface area (Å²) in [5.41, 5.74) is 12.8. The molecule has 5 N–H and O–H groups in total. The van der Waals surface area contributed by atoms with Crippen LogP contribution in [0.25, 0.3) is 10.6 Å². The Balaban J connectivity index is 2.13. The van der Waals surface area contributed by atoms with Crippen molar-refractivity contribution in [2.75, 3.05) is 0 Å². The standard InChI is InChI=1S/C16H21N5OS/c1-3-4-5-11-6-8-12(9-7-11)15-19-10(2)13(23-15)14(22)20-21-16(17)18/h6-9H,3-5H2,1-2H3,(H,20,22)(H4,17,18,21). The molecule has 1 aromatic heterocycles. The number of nitrogens with zero attached hydrogens (tertiary/aromatic N) is 1. The summed E-state index contributed by atoms with van der Waals surface area (Å²) in [6, 6.07) is 8.30. The molecule has 0 aliphatic carbocycles. The van der Waals surface area contributed by atoms with E-state index in [0.717, 1.165) is 17.0 Å². The Morgan fingerprint density at radius 2 is 2.00 bits per heavy atom. The molecular weight excluding hydrogens is 310 g/mol. The van der Waals surface area contributed by atoms with Crippen molar-refractivity contribution in [3.8, 4) is 10.6 Å². The summed E-state index contributed by atoms with van der Waals surface area (Å²) in [5, 5.41) is 7.85. The lowest BCUT2D eigenvalue weighted by molar-refractivity contribution is 0.0946. The lowest BCUT2D eigenvalue weighted by Gasteiger charge is -2.04. The van der Waals surface area contributed by atoms with Gasteiger partial charge in [-0.1, -0.05) is 37.6 Å². The van der Waals surface area contributed by atoms with Crippen LogP contribution in [-0.4, -0.2) is 16.9 Å². The second-order valence-electron chi connectivity index (χ2n) is 5.23. The molecule has 1 heterocycles. The second-order valence-corrected chi connectivity index (χ2v) is 6.23. The molecule has 2 aromatic rings. The van der Waals surface area contributed by atoms with E-state index in [2.05, 4.69) is 34.9 Å². The van der Waals surface area contributed by atoms with E-state index < -0.39 is 0 Å². The van der Waals surface area contributed by atoms with Gasteiger partial charge in [-0.15, -0.1) is 11.3 Å². The monoisotopic (exact) mass is 331 g/mol. The van der Waals surface area contributed by atoms with Gasteiger partial charge in [0.05, 0.1) is 5.69 Å². The first kappa shape index (κ1) is 17.0. The first-order chi connectivity index (χ1) is 11.0. The van der Waals surface area contributed by atoms with E-state index in [4.69, 9.17) is 11.1 Å². The molecule has 0 spiro atoms. The Labute approximate surface area is 139 Å². The number of guanidine groups is 1. The summed E-state index contributed by atoms with van der Waals surface area (Å²) in [7, 11) is 0. The van der Waals surface area contributed by atoms with Gasteiger partial charge in [-0.2, -0.15) is 0 Å². The highest BCUT2D eigenvalue weighted by atomic mass is 32.1. The van der Waals surface area contributed by atoms with Crippen molar-refractivity contribution in [1.29, 1.82) is 5.41 Å². The predicted molar refractivity (Wildman–Crippen MR) is 93.4 cm³/mol. The van der Waals surface area contributed by atoms with Crippen molar-refractivity contribution in [2.45, 2.75) is 33.1 Å². The third kappa shape index (κ3) is 4.53. The van der Waals surface area contributed by atoms with E-state index in [9.17, 15) is 4.79 Å². The van der Waals surface area contributed by atoms with Gasteiger partial charge >= 0.3 is 0 Å². The number of carbonyl (C=O) groups is 1. The summed E-state index contributed by atoms with van der Waals surface area (Å²) >= 11 is 1.32. The van der Waals surface area contributed by atoms with Gasteiger partial charge in [0.1, 0.15) is 9.88 Å². The van der Waals surface area contributed by atoms with E-state index in [1.54, 1.807) is 6.92 Å². The number of nitrogens with two attached hydrogens (primary N) is 1. The highest BCUT2D eigenvalue weighted by molar-refractivity contribution is 7.17. The molecule has 6 nitrogen and oxygen atoms in total. The van der Waals surface area contributed by atoms with E-state index in [1.165, 1.54) is 29.7 Å². The number of unbranched alkanes of at least 4 members (excludes halogenated alkanes) is 1. The van der Waals surface area contributed by atoms with Crippen LogP contribution in [-0.2, 0) is 6.42 Å². The largest absolute Gasteiger partial charge is 0.369 e. The summed E-state index contributed by atoms with van der Waals surface area (Å²) < 4.78 is 0. The van der Waals surface area contributed by atoms with Gasteiger partial charge in [0.15, 0.2) is 0 Å². The molecule has 0 saturated carbocycles. The number of thiazole rings is 1. The fourth-order valence-electron chi connectivity index (χ4n) is 2.11. The summed E-state index contributed by atoms with van der Waals surface area (Å²) in [6.07, 6.45) is 3.45. The van der Waals surface area contributed by atoms with Crippen LogP contribution in [0.3, 0.4) is 0 Å². The fraction of sp³-hybridized carbons (Fsp3) is 0.312. The molecule has 0 bridgehead atoms. The van der Waals surface area contributed by atoms with Crippen LogP contribution in [0.2, 0.25) is 0 Å². The maximum absolute atomic E-state index is 12.0. The maximum Gasteiger partial charge on any atom is 0.281 e. The summed E-state index contributed by atoms with van der Waals surface area (Å²) in [6.45, 7) is 3.97. The Morgan fingerprint density at radius 1 is 1.30 bits per heavy atom. The lowest BCUT2D eigenvalue weighted by Crippen LogP contribution is -2.44. The molecule has 0 radical (unpaired) electrons. The molecule has 0 saturated heterocycles. The number of benzene rings is 1. The van der Waals surface area contributed by atoms with Gasteiger partial charge in [0.25, 0.3) is 5.91 Å². The number of nitrogens with one attached hydrogen (secondary N) is 3. The van der Waals surface area contributed by atoms with Gasteiger partial charge < -0.3 is 5.73 Å². The number of hydrogen-bond donors (Lipinski definition) is 4. The number of hydrogen-bond acceptors (Lipinski definition) is 4. The number of aromatic nitrogens is 1. The maximum atomic E-state index is 12.0. The Morgan fingerprint density at radius 3 is 2.61 bits per heavy atom. The number of rotatable bonds is 5.